The largest absolute Gasteiger partial charge is 0.354 e. The number of likely N-dealkylation sites (N-methyl/N-ethyl adjacent to an activating group) is 1. The highest BCUT2D eigenvalue weighted by Gasteiger charge is 2.16. The van der Waals surface area contributed by atoms with E-state index in [1.165, 1.54) is 16.3 Å². The number of aromatic nitrogens is 1. The topological polar surface area (TPSA) is 48.5 Å². The number of piperazine rings is 1. The monoisotopic (exact) mass is 402 g/mol. The Labute approximate surface area is 178 Å². The molecule has 156 valence electrons. The summed E-state index contributed by atoms with van der Waals surface area (Å²) in [6.07, 6.45) is 3.12. The van der Waals surface area contributed by atoms with Crippen LogP contribution in [-0.2, 0) is 17.8 Å². The fraction of sp³-hybridized carbons (Fsp3) is 0.360. The Balaban J connectivity index is 1.23. The number of benzene rings is 2. The molecule has 1 aromatic heterocycles. The summed E-state index contributed by atoms with van der Waals surface area (Å²) in [7, 11) is 0. The molecule has 0 radical (unpaired) electrons. The molecule has 2 heterocycles. The van der Waals surface area contributed by atoms with Crippen molar-refractivity contribution >= 4 is 22.5 Å². The number of rotatable bonds is 7. The average molecular weight is 403 g/mol. The Kier molecular flexibility index (Phi) is 6.60. The van der Waals surface area contributed by atoms with Crippen LogP contribution < -0.4 is 10.2 Å². The molecule has 1 fully saturated rings. The smallest absolute Gasteiger partial charge is 0.220 e. The summed E-state index contributed by atoms with van der Waals surface area (Å²) in [4.78, 5) is 21.7. The van der Waals surface area contributed by atoms with Gasteiger partial charge in [0.05, 0.1) is 0 Å². The summed E-state index contributed by atoms with van der Waals surface area (Å²) >= 11 is 0. The van der Waals surface area contributed by atoms with Gasteiger partial charge in [-0.2, -0.15) is 0 Å². The van der Waals surface area contributed by atoms with Gasteiger partial charge in [-0.3, -0.25) is 4.79 Å². The predicted molar refractivity (Wildman–Crippen MR) is 123 cm³/mol. The number of aryl methyl sites for hydroxylation is 1. The predicted octanol–water partition coefficient (Wildman–Crippen LogP) is 3.63. The highest BCUT2D eigenvalue weighted by atomic mass is 16.1. The zero-order valence-electron chi connectivity index (χ0n) is 17.7. The molecule has 0 atom stereocenters. The molecule has 0 saturated carbocycles. The van der Waals surface area contributed by atoms with Crippen molar-refractivity contribution in [2.24, 2.45) is 0 Å². The van der Waals surface area contributed by atoms with Gasteiger partial charge in [0.25, 0.3) is 0 Å². The second kappa shape index (κ2) is 9.72. The van der Waals surface area contributed by atoms with Gasteiger partial charge >= 0.3 is 0 Å². The van der Waals surface area contributed by atoms with Crippen LogP contribution in [0.15, 0.2) is 60.8 Å². The SMILES string of the molecule is CCN1CCN(c2ccc(CNC(=O)CCc3ccc4ccccc4c3)cn2)CC1. The quantitative estimate of drug-likeness (QED) is 0.656. The van der Waals surface area contributed by atoms with Crippen molar-refractivity contribution in [3.63, 3.8) is 0 Å². The van der Waals surface area contributed by atoms with Gasteiger partial charge in [0.15, 0.2) is 0 Å². The van der Waals surface area contributed by atoms with Crippen LogP contribution in [0.3, 0.4) is 0 Å². The van der Waals surface area contributed by atoms with Crippen LogP contribution in [0, 0.1) is 0 Å². The van der Waals surface area contributed by atoms with Gasteiger partial charge in [-0.1, -0.05) is 55.5 Å². The van der Waals surface area contributed by atoms with Crippen LogP contribution in [0.5, 0.6) is 0 Å². The molecule has 1 N–H and O–H groups in total. The average Bonchev–Trinajstić information content (AvgIpc) is 2.81. The number of anilines is 1. The number of carbonyl (C=O) groups excluding carboxylic acids is 1. The minimum Gasteiger partial charge on any atom is -0.354 e. The Morgan fingerprint density at radius 3 is 2.47 bits per heavy atom. The second-order valence-corrected chi connectivity index (χ2v) is 7.90. The van der Waals surface area contributed by atoms with Crippen molar-refractivity contribution in [2.45, 2.75) is 26.3 Å². The molecule has 0 spiro atoms. The lowest BCUT2D eigenvalue weighted by Gasteiger charge is -2.34. The second-order valence-electron chi connectivity index (χ2n) is 7.90. The molecule has 0 unspecified atom stereocenters. The number of carbonyl (C=O) groups is 1. The molecule has 1 amide bonds. The van der Waals surface area contributed by atoms with Crippen LogP contribution in [-0.4, -0.2) is 48.5 Å². The van der Waals surface area contributed by atoms with Crippen LogP contribution in [0.1, 0.15) is 24.5 Å². The van der Waals surface area contributed by atoms with Crippen LogP contribution in [0.2, 0.25) is 0 Å². The first-order valence-corrected chi connectivity index (χ1v) is 10.9. The van der Waals surface area contributed by atoms with Gasteiger partial charge in [-0.05, 0) is 40.9 Å². The zero-order valence-corrected chi connectivity index (χ0v) is 17.7. The van der Waals surface area contributed by atoms with Crippen LogP contribution in [0.25, 0.3) is 10.8 Å². The molecule has 0 aliphatic carbocycles. The Bertz CT molecular complexity index is 978. The summed E-state index contributed by atoms with van der Waals surface area (Å²) in [6, 6.07) is 18.8. The third-order valence-corrected chi connectivity index (χ3v) is 5.90. The molecule has 2 aromatic carbocycles. The molecule has 1 aliphatic rings. The van der Waals surface area contributed by atoms with Crippen LogP contribution in [0.4, 0.5) is 5.82 Å². The van der Waals surface area contributed by atoms with E-state index in [2.05, 4.69) is 69.5 Å². The van der Waals surface area contributed by atoms with E-state index in [1.807, 2.05) is 18.3 Å². The van der Waals surface area contributed by atoms with E-state index in [4.69, 9.17) is 0 Å². The van der Waals surface area contributed by atoms with Crippen LogP contribution >= 0.6 is 0 Å². The van der Waals surface area contributed by atoms with Gasteiger partial charge in [0.2, 0.25) is 5.91 Å². The minimum absolute atomic E-state index is 0.0722. The van der Waals surface area contributed by atoms with Gasteiger partial charge in [-0.25, -0.2) is 4.98 Å². The molecule has 5 nitrogen and oxygen atoms in total. The first-order chi connectivity index (χ1) is 14.7. The summed E-state index contributed by atoms with van der Waals surface area (Å²) in [6.45, 7) is 8.06. The van der Waals surface area contributed by atoms with E-state index in [0.29, 0.717) is 13.0 Å². The number of amides is 1. The lowest BCUT2D eigenvalue weighted by Crippen LogP contribution is -2.46. The Morgan fingerprint density at radius 2 is 1.73 bits per heavy atom. The summed E-state index contributed by atoms with van der Waals surface area (Å²) < 4.78 is 0. The lowest BCUT2D eigenvalue weighted by molar-refractivity contribution is -0.121. The number of hydrogen-bond donors (Lipinski definition) is 1. The molecular formula is C25H30N4O. The van der Waals surface area contributed by atoms with Crippen molar-refractivity contribution in [3.05, 3.63) is 71.9 Å². The van der Waals surface area contributed by atoms with E-state index < -0.39 is 0 Å². The normalized spacial score (nSPS) is 14.8. The van der Waals surface area contributed by atoms with Crippen molar-refractivity contribution in [1.29, 1.82) is 0 Å². The molecular weight excluding hydrogens is 372 g/mol. The molecule has 3 aromatic rings. The van der Waals surface area contributed by atoms with Gasteiger partial charge < -0.3 is 15.1 Å². The van der Waals surface area contributed by atoms with Crippen molar-refractivity contribution < 1.29 is 4.79 Å². The molecule has 30 heavy (non-hydrogen) atoms. The number of pyridine rings is 1. The third-order valence-electron chi connectivity index (χ3n) is 5.90. The van der Waals surface area contributed by atoms with E-state index in [9.17, 15) is 4.79 Å². The number of hydrogen-bond acceptors (Lipinski definition) is 4. The zero-order chi connectivity index (χ0) is 20.8. The Morgan fingerprint density at radius 1 is 0.967 bits per heavy atom. The van der Waals surface area contributed by atoms with E-state index >= 15 is 0 Å². The number of fused-ring (bicyclic) bond motifs is 1. The first kappa shape index (κ1) is 20.4. The molecule has 5 heteroatoms. The summed E-state index contributed by atoms with van der Waals surface area (Å²) in [5.74, 6) is 1.10. The maximum Gasteiger partial charge on any atom is 0.220 e. The molecule has 0 bridgehead atoms. The van der Waals surface area contributed by atoms with Crippen molar-refractivity contribution in [3.8, 4) is 0 Å². The van der Waals surface area contributed by atoms with Crippen molar-refractivity contribution in [1.82, 2.24) is 15.2 Å². The van der Waals surface area contributed by atoms with E-state index in [0.717, 1.165) is 50.5 Å². The fourth-order valence-corrected chi connectivity index (χ4v) is 3.94. The highest BCUT2D eigenvalue weighted by molar-refractivity contribution is 5.83. The maximum absolute atomic E-state index is 12.3. The van der Waals surface area contributed by atoms with Gasteiger partial charge in [0, 0.05) is 45.3 Å². The molecule has 1 aliphatic heterocycles. The van der Waals surface area contributed by atoms with E-state index in [1.54, 1.807) is 0 Å². The molecule has 1 saturated heterocycles. The molecule has 4 rings (SSSR count). The van der Waals surface area contributed by atoms with Gasteiger partial charge in [0.1, 0.15) is 5.82 Å². The third kappa shape index (κ3) is 5.16. The maximum atomic E-state index is 12.3. The van der Waals surface area contributed by atoms with Crippen molar-refractivity contribution in [2.75, 3.05) is 37.6 Å². The Hall–Kier alpha value is -2.92. The lowest BCUT2D eigenvalue weighted by atomic mass is 10.0. The summed E-state index contributed by atoms with van der Waals surface area (Å²) in [5, 5.41) is 5.47. The number of nitrogens with zero attached hydrogens (tertiary/aromatic N) is 3. The standard InChI is InChI=1S/C25H30N4O/c1-2-28-13-15-29(16-14-28)24-11-8-21(18-26-24)19-27-25(30)12-9-20-7-10-22-5-3-4-6-23(22)17-20/h3-8,10-11,17-18H,2,9,12-16,19H2,1H3,(H,27,30). The van der Waals surface area contributed by atoms with E-state index in [-0.39, 0.29) is 5.91 Å². The summed E-state index contributed by atoms with van der Waals surface area (Å²) in [5.41, 5.74) is 2.23. The van der Waals surface area contributed by atoms with Gasteiger partial charge in [-0.15, -0.1) is 0 Å². The number of nitrogens with one attached hydrogen (secondary N) is 1. The first-order valence-electron chi connectivity index (χ1n) is 10.9. The fourth-order valence-electron chi connectivity index (χ4n) is 3.94. The minimum atomic E-state index is 0.0722. The highest BCUT2D eigenvalue weighted by Crippen LogP contribution is 2.17.